The summed E-state index contributed by atoms with van der Waals surface area (Å²) in [5.74, 6) is 1.49. The van der Waals surface area contributed by atoms with Gasteiger partial charge in [0.2, 0.25) is 5.95 Å². The van der Waals surface area contributed by atoms with Gasteiger partial charge in [0.25, 0.3) is 5.69 Å². The summed E-state index contributed by atoms with van der Waals surface area (Å²) in [6.07, 6.45) is 3.41. The molecule has 4 rings (SSSR count). The maximum absolute atomic E-state index is 11.8. The molecule has 0 amide bonds. The van der Waals surface area contributed by atoms with E-state index in [0.717, 1.165) is 23.0 Å². The maximum Gasteiger partial charge on any atom is 0.294 e. The van der Waals surface area contributed by atoms with E-state index in [1.54, 1.807) is 32.5 Å². The number of aromatic nitrogens is 3. The smallest absolute Gasteiger partial charge is 0.294 e. The van der Waals surface area contributed by atoms with Crippen molar-refractivity contribution < 1.29 is 14.4 Å². The molecule has 4 aromatic rings. The van der Waals surface area contributed by atoms with Crippen molar-refractivity contribution in [2.75, 3.05) is 58.7 Å². The molecule has 0 saturated carbocycles. The number of nitro groups is 1. The quantitative estimate of drug-likeness (QED) is 0.247. The van der Waals surface area contributed by atoms with Gasteiger partial charge in [-0.05, 0) is 32.3 Å². The van der Waals surface area contributed by atoms with Gasteiger partial charge < -0.3 is 29.6 Å². The van der Waals surface area contributed by atoms with Crippen molar-refractivity contribution in [3.05, 3.63) is 58.9 Å². The molecule has 0 unspecified atom stereocenters. The molecule has 0 aliphatic rings. The van der Waals surface area contributed by atoms with Crippen LogP contribution in [0.1, 0.15) is 0 Å². The molecule has 2 N–H and O–H groups in total. The van der Waals surface area contributed by atoms with Crippen molar-refractivity contribution in [1.29, 1.82) is 0 Å². The molecule has 0 aliphatic heterocycles. The van der Waals surface area contributed by atoms with Crippen molar-refractivity contribution in [2.45, 2.75) is 0 Å². The predicted octanol–water partition coefficient (Wildman–Crippen LogP) is 4.29. The highest BCUT2D eigenvalue weighted by Crippen LogP contribution is 2.37. The number of ether oxygens (including phenoxy) is 2. The molecule has 0 saturated heterocycles. The number of H-pyrrole nitrogens is 1. The summed E-state index contributed by atoms with van der Waals surface area (Å²) in [7, 11) is 8.94. The van der Waals surface area contributed by atoms with Gasteiger partial charge in [0, 0.05) is 49.0 Å². The minimum Gasteiger partial charge on any atom is -0.495 e. The number of likely N-dealkylation sites (N-methyl/N-ethyl adjacent to an activating group) is 2. The van der Waals surface area contributed by atoms with E-state index in [2.05, 4.69) is 20.3 Å². The van der Waals surface area contributed by atoms with Crippen molar-refractivity contribution in [3.8, 4) is 22.8 Å². The Morgan fingerprint density at radius 2 is 1.86 bits per heavy atom. The monoisotopic (exact) mass is 491 g/mol. The van der Waals surface area contributed by atoms with Crippen LogP contribution in [0.3, 0.4) is 0 Å². The number of rotatable bonds is 10. The number of hydrogen-bond donors (Lipinski definition) is 2. The molecular formula is C25H29N7O4. The second kappa shape index (κ2) is 10.5. The zero-order valence-electron chi connectivity index (χ0n) is 20.9. The summed E-state index contributed by atoms with van der Waals surface area (Å²) in [6, 6.07) is 10.7. The Morgan fingerprint density at radius 3 is 2.56 bits per heavy atom. The lowest BCUT2D eigenvalue weighted by atomic mass is 10.1. The Hall–Kier alpha value is -4.38. The van der Waals surface area contributed by atoms with Gasteiger partial charge in [-0.15, -0.1) is 0 Å². The third kappa shape index (κ3) is 5.01. The van der Waals surface area contributed by atoms with Crippen LogP contribution in [0, 0.1) is 10.1 Å². The standard InChI is InChI=1S/C25H29N7O4/c1-30(2)11-12-31(3)19-10-9-16(13-20(19)32(33)34)28-25-27-15-22(36-5)24(29-25)18-14-26-23-17(18)7-6-8-21(23)35-4/h6-10,13-15,26H,11-12H2,1-5H3,(H,27,28,29). The average Bonchev–Trinajstić information content (AvgIpc) is 3.31. The second-order valence-electron chi connectivity index (χ2n) is 8.51. The molecule has 2 aromatic carbocycles. The van der Waals surface area contributed by atoms with Gasteiger partial charge in [-0.25, -0.2) is 9.97 Å². The highest BCUT2D eigenvalue weighted by atomic mass is 16.6. The molecule has 2 heterocycles. The highest BCUT2D eigenvalue weighted by molar-refractivity contribution is 5.98. The summed E-state index contributed by atoms with van der Waals surface area (Å²) in [5.41, 5.74) is 3.27. The summed E-state index contributed by atoms with van der Waals surface area (Å²) < 4.78 is 11.0. The minimum atomic E-state index is -0.383. The Labute approximate surface area is 208 Å². The fourth-order valence-electron chi connectivity index (χ4n) is 3.94. The van der Waals surface area contributed by atoms with Crippen LogP contribution in [0.4, 0.5) is 23.0 Å². The van der Waals surface area contributed by atoms with Crippen molar-refractivity contribution in [2.24, 2.45) is 0 Å². The van der Waals surface area contributed by atoms with Crippen LogP contribution in [-0.4, -0.2) is 73.2 Å². The molecule has 0 radical (unpaired) electrons. The number of hydrogen-bond acceptors (Lipinski definition) is 9. The SMILES string of the molecule is COc1cnc(Nc2ccc(N(C)CCN(C)C)c([N+](=O)[O-])c2)nc1-c1c[nH]c2c(OC)cccc12. The number of benzene rings is 2. The molecule has 0 aliphatic carbocycles. The first-order valence-corrected chi connectivity index (χ1v) is 11.3. The normalized spacial score (nSPS) is 11.1. The highest BCUT2D eigenvalue weighted by Gasteiger charge is 2.20. The molecular weight excluding hydrogens is 462 g/mol. The van der Waals surface area contributed by atoms with E-state index in [-0.39, 0.29) is 16.6 Å². The lowest BCUT2D eigenvalue weighted by Crippen LogP contribution is -2.28. The Kier molecular flexibility index (Phi) is 7.20. The molecule has 36 heavy (non-hydrogen) atoms. The summed E-state index contributed by atoms with van der Waals surface area (Å²) in [6.45, 7) is 1.43. The molecule has 2 aromatic heterocycles. The van der Waals surface area contributed by atoms with E-state index < -0.39 is 0 Å². The number of nitro benzene ring substituents is 1. The number of nitrogens with zero attached hydrogens (tertiary/aromatic N) is 5. The van der Waals surface area contributed by atoms with Crippen LogP contribution in [0.15, 0.2) is 48.8 Å². The van der Waals surface area contributed by atoms with E-state index >= 15 is 0 Å². The van der Waals surface area contributed by atoms with Crippen molar-refractivity contribution in [1.82, 2.24) is 19.9 Å². The molecule has 188 valence electrons. The molecule has 0 bridgehead atoms. The van der Waals surface area contributed by atoms with Gasteiger partial charge in [0.1, 0.15) is 17.1 Å². The van der Waals surface area contributed by atoms with Crippen LogP contribution in [-0.2, 0) is 0 Å². The van der Waals surface area contributed by atoms with E-state index in [9.17, 15) is 10.1 Å². The molecule has 0 spiro atoms. The molecule has 0 atom stereocenters. The van der Waals surface area contributed by atoms with Crippen LogP contribution in [0.5, 0.6) is 11.5 Å². The predicted molar refractivity (Wildman–Crippen MR) is 141 cm³/mol. The van der Waals surface area contributed by atoms with Crippen molar-refractivity contribution >= 4 is 33.9 Å². The number of methoxy groups -OCH3 is 2. The molecule has 11 nitrogen and oxygen atoms in total. The number of anilines is 3. The topological polar surface area (TPSA) is 122 Å². The van der Waals surface area contributed by atoms with Gasteiger partial charge >= 0.3 is 0 Å². The lowest BCUT2D eigenvalue weighted by Gasteiger charge is -2.21. The van der Waals surface area contributed by atoms with Gasteiger partial charge in [0.05, 0.1) is 30.9 Å². The Morgan fingerprint density at radius 1 is 1.08 bits per heavy atom. The van der Waals surface area contributed by atoms with E-state index in [1.807, 2.05) is 55.3 Å². The molecule has 0 fully saturated rings. The zero-order valence-corrected chi connectivity index (χ0v) is 20.9. The van der Waals surface area contributed by atoms with Crippen LogP contribution < -0.4 is 19.7 Å². The summed E-state index contributed by atoms with van der Waals surface area (Å²) in [4.78, 5) is 27.6. The number of fused-ring (bicyclic) bond motifs is 1. The third-order valence-electron chi connectivity index (χ3n) is 5.85. The summed E-state index contributed by atoms with van der Waals surface area (Å²) >= 11 is 0. The first kappa shape index (κ1) is 24.7. The summed E-state index contributed by atoms with van der Waals surface area (Å²) in [5, 5.41) is 15.8. The zero-order chi connectivity index (χ0) is 25.8. The third-order valence-corrected chi connectivity index (χ3v) is 5.85. The van der Waals surface area contributed by atoms with E-state index in [4.69, 9.17) is 9.47 Å². The molecule has 11 heteroatoms. The van der Waals surface area contributed by atoms with Crippen LogP contribution >= 0.6 is 0 Å². The first-order chi connectivity index (χ1) is 17.3. The van der Waals surface area contributed by atoms with Gasteiger partial charge in [-0.3, -0.25) is 10.1 Å². The fourth-order valence-corrected chi connectivity index (χ4v) is 3.94. The van der Waals surface area contributed by atoms with Crippen LogP contribution in [0.25, 0.3) is 22.2 Å². The Bertz CT molecular complexity index is 1390. The lowest BCUT2D eigenvalue weighted by molar-refractivity contribution is -0.384. The average molecular weight is 492 g/mol. The number of para-hydroxylation sites is 1. The van der Waals surface area contributed by atoms with Gasteiger partial charge in [-0.1, -0.05) is 12.1 Å². The number of nitrogens with one attached hydrogen (secondary N) is 2. The number of aromatic amines is 1. The van der Waals surface area contributed by atoms with E-state index in [0.29, 0.717) is 35.1 Å². The largest absolute Gasteiger partial charge is 0.495 e. The van der Waals surface area contributed by atoms with Crippen LogP contribution in [0.2, 0.25) is 0 Å². The second-order valence-corrected chi connectivity index (χ2v) is 8.51. The Balaban J connectivity index is 1.68. The van der Waals surface area contributed by atoms with E-state index in [1.165, 1.54) is 6.07 Å². The maximum atomic E-state index is 11.8. The van der Waals surface area contributed by atoms with Crippen molar-refractivity contribution in [3.63, 3.8) is 0 Å². The minimum absolute atomic E-state index is 0.00119. The first-order valence-electron chi connectivity index (χ1n) is 11.3. The van der Waals surface area contributed by atoms with Gasteiger partial charge in [0.15, 0.2) is 5.75 Å². The van der Waals surface area contributed by atoms with Gasteiger partial charge in [-0.2, -0.15) is 0 Å². The fraction of sp³-hybridized carbons (Fsp3) is 0.280.